The highest BCUT2D eigenvalue weighted by molar-refractivity contribution is 5.90. The molecule has 1 aliphatic rings. The Morgan fingerprint density at radius 2 is 2.10 bits per heavy atom. The second-order valence-electron chi connectivity index (χ2n) is 6.80. The lowest BCUT2D eigenvalue weighted by atomic mass is 10.1. The summed E-state index contributed by atoms with van der Waals surface area (Å²) in [7, 11) is 1.37. The maximum Gasteiger partial charge on any atom is 0.338 e. The summed E-state index contributed by atoms with van der Waals surface area (Å²) in [5.74, 6) is 0.240. The number of carbonyl (C=O) groups excluding carboxylic acids is 1. The van der Waals surface area contributed by atoms with Crippen LogP contribution in [0.25, 0.3) is 11.4 Å². The van der Waals surface area contributed by atoms with E-state index in [2.05, 4.69) is 10.1 Å². The first-order valence-corrected chi connectivity index (χ1v) is 9.67. The molecule has 29 heavy (non-hydrogen) atoms. The molecule has 0 N–H and O–H groups in total. The topological polar surface area (TPSA) is 75.5 Å². The van der Waals surface area contributed by atoms with Gasteiger partial charge in [-0.15, -0.1) is 0 Å². The van der Waals surface area contributed by atoms with Gasteiger partial charge in [0.05, 0.1) is 30.3 Å². The summed E-state index contributed by atoms with van der Waals surface area (Å²) in [4.78, 5) is 16.4. The van der Waals surface area contributed by atoms with Crippen molar-refractivity contribution in [1.29, 1.82) is 0 Å². The number of pyridine rings is 1. The highest BCUT2D eigenvalue weighted by Crippen LogP contribution is 2.28. The molecule has 1 atom stereocenters. The van der Waals surface area contributed by atoms with Gasteiger partial charge in [-0.2, -0.15) is 5.10 Å². The normalized spacial score (nSPS) is 16.4. The Bertz CT molecular complexity index is 962. The Labute approximate surface area is 169 Å². The van der Waals surface area contributed by atoms with E-state index in [1.165, 1.54) is 7.11 Å². The van der Waals surface area contributed by atoms with Crippen molar-refractivity contribution >= 4 is 5.97 Å². The highest BCUT2D eigenvalue weighted by atomic mass is 16.5. The van der Waals surface area contributed by atoms with E-state index in [1.54, 1.807) is 24.5 Å². The van der Waals surface area contributed by atoms with Crippen molar-refractivity contribution in [2.75, 3.05) is 13.7 Å². The predicted octanol–water partition coefficient (Wildman–Crippen LogP) is 4.01. The zero-order valence-electron chi connectivity index (χ0n) is 16.3. The minimum absolute atomic E-state index is 0.0405. The molecule has 0 bridgehead atoms. The Morgan fingerprint density at radius 3 is 2.86 bits per heavy atom. The van der Waals surface area contributed by atoms with Crippen LogP contribution in [0.5, 0.6) is 5.75 Å². The van der Waals surface area contributed by atoms with Gasteiger partial charge in [-0.1, -0.05) is 18.2 Å². The quantitative estimate of drug-likeness (QED) is 0.589. The van der Waals surface area contributed by atoms with E-state index in [0.29, 0.717) is 11.3 Å². The van der Waals surface area contributed by atoms with Crippen LogP contribution in [-0.4, -0.2) is 34.5 Å². The molecule has 3 heterocycles. The van der Waals surface area contributed by atoms with Gasteiger partial charge in [0, 0.05) is 18.4 Å². The number of esters is 1. The van der Waals surface area contributed by atoms with Crippen LogP contribution in [0.15, 0.2) is 54.9 Å². The van der Waals surface area contributed by atoms with Crippen molar-refractivity contribution in [3.63, 3.8) is 0 Å². The molecule has 0 spiro atoms. The molecule has 0 saturated carbocycles. The fourth-order valence-corrected chi connectivity index (χ4v) is 3.40. The molecule has 2 aromatic heterocycles. The molecule has 0 aliphatic carbocycles. The number of aromatic nitrogens is 3. The Kier molecular flexibility index (Phi) is 5.86. The fourth-order valence-electron chi connectivity index (χ4n) is 3.40. The smallest absolute Gasteiger partial charge is 0.338 e. The number of methoxy groups -OCH3 is 1. The van der Waals surface area contributed by atoms with Gasteiger partial charge in [-0.3, -0.25) is 4.98 Å². The van der Waals surface area contributed by atoms with E-state index in [1.807, 2.05) is 35.0 Å². The van der Waals surface area contributed by atoms with Crippen LogP contribution >= 0.6 is 0 Å². The van der Waals surface area contributed by atoms with Crippen molar-refractivity contribution in [2.24, 2.45) is 0 Å². The molecule has 1 aliphatic heterocycles. The third-order valence-electron chi connectivity index (χ3n) is 4.91. The Hall–Kier alpha value is -3.19. The van der Waals surface area contributed by atoms with Crippen molar-refractivity contribution in [3.05, 3.63) is 66.0 Å². The van der Waals surface area contributed by atoms with Gasteiger partial charge >= 0.3 is 5.97 Å². The van der Waals surface area contributed by atoms with E-state index < -0.39 is 0 Å². The first-order chi connectivity index (χ1) is 14.3. The van der Waals surface area contributed by atoms with Crippen molar-refractivity contribution < 1.29 is 19.0 Å². The van der Waals surface area contributed by atoms with Gasteiger partial charge < -0.3 is 14.2 Å². The number of rotatable bonds is 6. The summed E-state index contributed by atoms with van der Waals surface area (Å²) in [6.07, 6.45) is 6.59. The van der Waals surface area contributed by atoms with E-state index in [4.69, 9.17) is 14.2 Å². The minimum atomic E-state index is -0.379. The van der Waals surface area contributed by atoms with E-state index in [-0.39, 0.29) is 18.8 Å². The Balaban J connectivity index is 1.46. The first-order valence-electron chi connectivity index (χ1n) is 9.67. The molecular formula is C22H23N3O4. The minimum Gasteiger partial charge on any atom is -0.487 e. The van der Waals surface area contributed by atoms with E-state index in [9.17, 15) is 4.79 Å². The van der Waals surface area contributed by atoms with Gasteiger partial charge in [0.25, 0.3) is 0 Å². The third-order valence-corrected chi connectivity index (χ3v) is 4.91. The number of nitrogens with zero attached hydrogens (tertiary/aromatic N) is 3. The van der Waals surface area contributed by atoms with Gasteiger partial charge in [-0.05, 0) is 43.5 Å². The van der Waals surface area contributed by atoms with Gasteiger partial charge in [0.15, 0.2) is 6.23 Å². The average molecular weight is 393 g/mol. The molecule has 3 aromatic rings. The van der Waals surface area contributed by atoms with Crippen LogP contribution in [0.1, 0.15) is 41.4 Å². The molecule has 4 rings (SSSR count). The van der Waals surface area contributed by atoms with Crippen molar-refractivity contribution in [3.8, 4) is 17.1 Å². The molecule has 1 aromatic carbocycles. The molecule has 0 amide bonds. The SMILES string of the molecule is COC(=O)c1ccccc1COc1ccc(-c2ccnn2C2CCCCO2)nc1. The lowest BCUT2D eigenvalue weighted by Crippen LogP contribution is -2.20. The summed E-state index contributed by atoms with van der Waals surface area (Å²) >= 11 is 0. The van der Waals surface area contributed by atoms with Crippen LogP contribution in [-0.2, 0) is 16.1 Å². The Morgan fingerprint density at radius 1 is 1.21 bits per heavy atom. The van der Waals surface area contributed by atoms with Gasteiger partial charge in [0.2, 0.25) is 0 Å². The maximum atomic E-state index is 11.9. The van der Waals surface area contributed by atoms with Gasteiger partial charge in [0.1, 0.15) is 12.4 Å². The molecule has 7 heteroatoms. The van der Waals surface area contributed by atoms with E-state index >= 15 is 0 Å². The standard InChI is InChI=1S/C22H23N3O4/c1-27-22(26)18-7-3-2-6-16(18)15-29-17-9-10-19(23-14-17)20-11-12-24-25(20)21-8-4-5-13-28-21/h2-3,6-7,9-12,14,21H,4-5,8,13,15H2,1H3. The molecule has 1 unspecified atom stereocenters. The third kappa shape index (κ3) is 4.30. The number of benzene rings is 1. The number of hydrogen-bond acceptors (Lipinski definition) is 6. The first kappa shape index (κ1) is 19.1. The highest BCUT2D eigenvalue weighted by Gasteiger charge is 2.20. The van der Waals surface area contributed by atoms with Crippen molar-refractivity contribution in [2.45, 2.75) is 32.1 Å². The average Bonchev–Trinajstić information content (AvgIpc) is 3.28. The molecular weight excluding hydrogens is 370 g/mol. The zero-order chi connectivity index (χ0) is 20.1. The molecule has 7 nitrogen and oxygen atoms in total. The summed E-state index contributed by atoms with van der Waals surface area (Å²) < 4.78 is 18.4. The molecule has 150 valence electrons. The van der Waals surface area contributed by atoms with E-state index in [0.717, 1.165) is 42.8 Å². The molecule has 0 radical (unpaired) electrons. The second kappa shape index (κ2) is 8.87. The lowest BCUT2D eigenvalue weighted by molar-refractivity contribution is -0.0384. The predicted molar refractivity (Wildman–Crippen MR) is 106 cm³/mol. The van der Waals surface area contributed by atoms with Crippen LogP contribution in [0.3, 0.4) is 0 Å². The van der Waals surface area contributed by atoms with Crippen molar-refractivity contribution in [1.82, 2.24) is 14.8 Å². The number of carbonyl (C=O) groups is 1. The van der Waals surface area contributed by atoms with Crippen LogP contribution in [0, 0.1) is 0 Å². The molecule has 1 saturated heterocycles. The van der Waals surface area contributed by atoms with Crippen LogP contribution in [0.2, 0.25) is 0 Å². The summed E-state index contributed by atoms with van der Waals surface area (Å²) in [6.45, 7) is 1.01. The second-order valence-corrected chi connectivity index (χ2v) is 6.80. The maximum absolute atomic E-state index is 11.9. The number of ether oxygens (including phenoxy) is 3. The summed E-state index contributed by atoms with van der Waals surface area (Å²) in [6, 6.07) is 12.9. The summed E-state index contributed by atoms with van der Waals surface area (Å²) in [5.41, 5.74) is 2.98. The zero-order valence-corrected chi connectivity index (χ0v) is 16.3. The molecule has 1 fully saturated rings. The fraction of sp³-hybridized carbons (Fsp3) is 0.318. The number of hydrogen-bond donors (Lipinski definition) is 0. The summed E-state index contributed by atoms with van der Waals surface area (Å²) in [5, 5.41) is 4.43. The largest absolute Gasteiger partial charge is 0.487 e. The monoisotopic (exact) mass is 393 g/mol. The van der Waals surface area contributed by atoms with Crippen LogP contribution < -0.4 is 4.74 Å². The van der Waals surface area contributed by atoms with Gasteiger partial charge in [-0.25, -0.2) is 9.48 Å². The van der Waals surface area contributed by atoms with Crippen LogP contribution in [0.4, 0.5) is 0 Å². The lowest BCUT2D eigenvalue weighted by Gasteiger charge is -2.24.